The first kappa shape index (κ1) is 16.2. The minimum absolute atomic E-state index is 0.274. The van der Waals surface area contributed by atoms with Gasteiger partial charge in [0, 0.05) is 5.56 Å². The summed E-state index contributed by atoms with van der Waals surface area (Å²) in [5.74, 6) is -0.274. The van der Waals surface area contributed by atoms with Crippen molar-refractivity contribution in [3.8, 4) is 17.2 Å². The fourth-order valence-corrected chi connectivity index (χ4v) is 2.32. The van der Waals surface area contributed by atoms with Crippen molar-refractivity contribution < 1.29 is 4.79 Å². The first-order valence-electron chi connectivity index (χ1n) is 7.75. The molecule has 25 heavy (non-hydrogen) atoms. The lowest BCUT2D eigenvalue weighted by Gasteiger charge is -2.03. The summed E-state index contributed by atoms with van der Waals surface area (Å²) in [5, 5.41) is 12.7. The molecular formula is C21H15N3O. The quantitative estimate of drug-likeness (QED) is 0.582. The van der Waals surface area contributed by atoms with Crippen LogP contribution in [0.4, 0.5) is 0 Å². The Labute approximate surface area is 146 Å². The Morgan fingerprint density at radius 1 is 0.880 bits per heavy atom. The lowest BCUT2D eigenvalue weighted by molar-refractivity contribution is 0.0955. The molecular weight excluding hydrogens is 310 g/mol. The normalized spacial score (nSPS) is 10.4. The molecule has 4 nitrogen and oxygen atoms in total. The van der Waals surface area contributed by atoms with E-state index in [0.29, 0.717) is 11.1 Å². The van der Waals surface area contributed by atoms with Gasteiger partial charge in [-0.25, -0.2) is 5.43 Å². The molecule has 0 aliphatic rings. The molecule has 0 unspecified atom stereocenters. The molecule has 0 spiro atoms. The highest BCUT2D eigenvalue weighted by Gasteiger charge is 2.04. The molecule has 1 N–H and O–H groups in total. The lowest BCUT2D eigenvalue weighted by atomic mass is 10.0. The molecule has 3 rings (SSSR count). The fourth-order valence-electron chi connectivity index (χ4n) is 2.32. The predicted molar refractivity (Wildman–Crippen MR) is 98.1 cm³/mol. The first-order chi connectivity index (χ1) is 12.3. The van der Waals surface area contributed by atoms with Crippen LogP contribution in [0.1, 0.15) is 21.5 Å². The Morgan fingerprint density at radius 2 is 1.52 bits per heavy atom. The number of carbonyl (C=O) groups is 1. The Morgan fingerprint density at radius 3 is 2.16 bits per heavy atom. The largest absolute Gasteiger partial charge is 0.271 e. The van der Waals surface area contributed by atoms with Crippen molar-refractivity contribution in [2.45, 2.75) is 0 Å². The number of nitrogens with one attached hydrogen (secondary N) is 1. The van der Waals surface area contributed by atoms with Crippen LogP contribution in [0, 0.1) is 11.3 Å². The smallest absolute Gasteiger partial charge is 0.267 e. The number of rotatable bonds is 4. The summed E-state index contributed by atoms with van der Waals surface area (Å²) < 4.78 is 0. The molecule has 0 heterocycles. The van der Waals surface area contributed by atoms with Crippen LogP contribution >= 0.6 is 0 Å². The zero-order valence-electron chi connectivity index (χ0n) is 13.4. The van der Waals surface area contributed by atoms with E-state index in [2.05, 4.69) is 16.6 Å². The SMILES string of the molecule is N#Cc1ccc(C=NNC(=O)c2ccc(-c3ccccc3)cc2)cc1. The van der Waals surface area contributed by atoms with Gasteiger partial charge >= 0.3 is 0 Å². The molecule has 0 aliphatic carbocycles. The third kappa shape index (κ3) is 4.18. The number of hydrazone groups is 1. The van der Waals surface area contributed by atoms with Crippen LogP contribution < -0.4 is 5.43 Å². The van der Waals surface area contributed by atoms with Crippen molar-refractivity contribution in [3.05, 3.63) is 95.6 Å². The molecule has 120 valence electrons. The van der Waals surface area contributed by atoms with E-state index in [1.54, 1.807) is 36.4 Å². The van der Waals surface area contributed by atoms with E-state index in [9.17, 15) is 4.79 Å². The van der Waals surface area contributed by atoms with Gasteiger partial charge < -0.3 is 0 Å². The molecule has 0 bridgehead atoms. The Kier molecular flexibility index (Phi) is 4.98. The predicted octanol–water partition coefficient (Wildman–Crippen LogP) is 3.99. The molecule has 4 heteroatoms. The van der Waals surface area contributed by atoms with Crippen molar-refractivity contribution in [3.63, 3.8) is 0 Å². The van der Waals surface area contributed by atoms with Crippen LogP contribution in [0.2, 0.25) is 0 Å². The van der Waals surface area contributed by atoms with Crippen molar-refractivity contribution in [2.24, 2.45) is 5.10 Å². The number of benzene rings is 3. The van der Waals surface area contributed by atoms with E-state index >= 15 is 0 Å². The second kappa shape index (κ2) is 7.71. The summed E-state index contributed by atoms with van der Waals surface area (Å²) in [7, 11) is 0. The number of hydrogen-bond donors (Lipinski definition) is 1. The summed E-state index contributed by atoms with van der Waals surface area (Å²) in [6.45, 7) is 0. The van der Waals surface area contributed by atoms with Gasteiger partial charge in [-0.05, 0) is 41.0 Å². The number of amides is 1. The molecule has 0 saturated carbocycles. The van der Waals surface area contributed by atoms with Gasteiger partial charge in [0.2, 0.25) is 0 Å². The molecule has 0 saturated heterocycles. The van der Waals surface area contributed by atoms with Crippen molar-refractivity contribution in [1.82, 2.24) is 5.43 Å². The molecule has 3 aromatic rings. The summed E-state index contributed by atoms with van der Waals surface area (Å²) in [4.78, 5) is 12.1. The van der Waals surface area contributed by atoms with E-state index in [-0.39, 0.29) is 5.91 Å². The van der Waals surface area contributed by atoms with Crippen molar-refractivity contribution in [1.29, 1.82) is 5.26 Å². The summed E-state index contributed by atoms with van der Waals surface area (Å²) in [6.07, 6.45) is 1.54. The van der Waals surface area contributed by atoms with Gasteiger partial charge in [0.1, 0.15) is 0 Å². The van der Waals surface area contributed by atoms with Gasteiger partial charge in [0.25, 0.3) is 5.91 Å². The van der Waals surface area contributed by atoms with Gasteiger partial charge in [-0.15, -0.1) is 0 Å². The summed E-state index contributed by atoms with van der Waals surface area (Å²) in [5.41, 5.74) is 6.59. The Hall–Kier alpha value is -3.71. The molecule has 0 atom stereocenters. The number of hydrogen-bond acceptors (Lipinski definition) is 3. The van der Waals surface area contributed by atoms with Gasteiger partial charge in [0.15, 0.2) is 0 Å². The fraction of sp³-hybridized carbons (Fsp3) is 0. The molecule has 3 aromatic carbocycles. The van der Waals surface area contributed by atoms with Crippen molar-refractivity contribution in [2.75, 3.05) is 0 Å². The topological polar surface area (TPSA) is 65.2 Å². The van der Waals surface area contributed by atoms with Crippen LogP contribution in [-0.4, -0.2) is 12.1 Å². The highest BCUT2D eigenvalue weighted by atomic mass is 16.2. The molecule has 0 aliphatic heterocycles. The lowest BCUT2D eigenvalue weighted by Crippen LogP contribution is -2.17. The third-order valence-corrected chi connectivity index (χ3v) is 3.67. The van der Waals surface area contributed by atoms with E-state index in [4.69, 9.17) is 5.26 Å². The maximum Gasteiger partial charge on any atom is 0.271 e. The molecule has 0 radical (unpaired) electrons. The molecule has 1 amide bonds. The van der Waals surface area contributed by atoms with E-state index in [1.807, 2.05) is 42.5 Å². The van der Waals surface area contributed by atoms with Gasteiger partial charge in [0.05, 0.1) is 17.8 Å². The van der Waals surface area contributed by atoms with Crippen LogP contribution in [-0.2, 0) is 0 Å². The van der Waals surface area contributed by atoms with Crippen molar-refractivity contribution >= 4 is 12.1 Å². The number of nitriles is 1. The number of carbonyl (C=O) groups excluding carboxylic acids is 1. The second-order valence-electron chi connectivity index (χ2n) is 5.38. The average Bonchev–Trinajstić information content (AvgIpc) is 2.69. The van der Waals surface area contributed by atoms with Crippen LogP contribution in [0.5, 0.6) is 0 Å². The average molecular weight is 325 g/mol. The third-order valence-electron chi connectivity index (χ3n) is 3.67. The zero-order chi connectivity index (χ0) is 17.5. The first-order valence-corrected chi connectivity index (χ1v) is 7.75. The highest BCUT2D eigenvalue weighted by molar-refractivity contribution is 5.95. The maximum absolute atomic E-state index is 12.1. The maximum atomic E-state index is 12.1. The molecule has 0 aromatic heterocycles. The van der Waals surface area contributed by atoms with E-state index in [1.165, 1.54) is 6.21 Å². The highest BCUT2D eigenvalue weighted by Crippen LogP contribution is 2.19. The summed E-state index contributed by atoms with van der Waals surface area (Å²) >= 11 is 0. The Bertz CT molecular complexity index is 922. The molecule has 0 fully saturated rings. The standard InChI is InChI=1S/C21H15N3O/c22-14-16-6-8-17(9-7-16)15-23-24-21(25)20-12-10-19(11-13-20)18-4-2-1-3-5-18/h1-13,15H,(H,24,25). The monoisotopic (exact) mass is 325 g/mol. The van der Waals surface area contributed by atoms with E-state index in [0.717, 1.165) is 16.7 Å². The van der Waals surface area contributed by atoms with Gasteiger partial charge in [-0.3, -0.25) is 4.79 Å². The minimum atomic E-state index is -0.274. The summed E-state index contributed by atoms with van der Waals surface area (Å²) in [6, 6.07) is 26.3. The number of nitrogens with zero attached hydrogens (tertiary/aromatic N) is 2. The van der Waals surface area contributed by atoms with Gasteiger partial charge in [-0.2, -0.15) is 10.4 Å². The van der Waals surface area contributed by atoms with Crippen LogP contribution in [0.15, 0.2) is 84.0 Å². The van der Waals surface area contributed by atoms with Crippen LogP contribution in [0.25, 0.3) is 11.1 Å². The van der Waals surface area contributed by atoms with E-state index < -0.39 is 0 Å². The van der Waals surface area contributed by atoms with Crippen LogP contribution in [0.3, 0.4) is 0 Å². The zero-order valence-corrected chi connectivity index (χ0v) is 13.4. The minimum Gasteiger partial charge on any atom is -0.267 e. The second-order valence-corrected chi connectivity index (χ2v) is 5.38. The van der Waals surface area contributed by atoms with Gasteiger partial charge in [-0.1, -0.05) is 54.6 Å². The Balaban J connectivity index is 1.63.